The molecular weight excluding hydrogens is 326 g/mol. The molecule has 0 fully saturated rings. The van der Waals surface area contributed by atoms with Crippen molar-refractivity contribution in [1.82, 2.24) is 4.90 Å². The lowest BCUT2D eigenvalue weighted by Gasteiger charge is -2.26. The molecule has 0 saturated carbocycles. The highest BCUT2D eigenvalue weighted by Gasteiger charge is 2.37. The largest absolute Gasteiger partial charge is 0.444 e. The van der Waals surface area contributed by atoms with Crippen LogP contribution in [-0.4, -0.2) is 22.8 Å². The summed E-state index contributed by atoms with van der Waals surface area (Å²) in [5, 5.41) is 0. The van der Waals surface area contributed by atoms with Gasteiger partial charge in [0.05, 0.1) is 0 Å². The highest BCUT2D eigenvalue weighted by atomic mass is 16.6. The molecule has 0 bridgehead atoms. The quantitative estimate of drug-likeness (QED) is 0.771. The number of amides is 1. The average Bonchev–Trinajstić information content (AvgIpc) is 2.97. The molecule has 0 N–H and O–H groups in total. The minimum Gasteiger partial charge on any atom is -0.444 e. The molecule has 2 aromatic carbocycles. The van der Waals surface area contributed by atoms with Crippen molar-refractivity contribution in [1.29, 1.82) is 0 Å². The second-order valence-electron chi connectivity index (χ2n) is 6.40. The number of ether oxygens (including phenoxy) is 1. The van der Waals surface area contributed by atoms with Crippen LogP contribution in [-0.2, 0) is 22.6 Å². The number of rotatable bonds is 6. The molecule has 1 heterocycles. The predicted octanol–water partition coefficient (Wildman–Crippen LogP) is 4.50. The van der Waals surface area contributed by atoms with E-state index in [2.05, 4.69) is 0 Å². The molecule has 26 heavy (non-hydrogen) atoms. The fourth-order valence-electron chi connectivity index (χ4n) is 3.17. The Bertz CT molecular complexity index is 784. The van der Waals surface area contributed by atoms with E-state index in [0.717, 1.165) is 23.2 Å². The Labute approximate surface area is 154 Å². The molecule has 3 rings (SSSR count). The molecule has 2 aromatic rings. The van der Waals surface area contributed by atoms with Crippen molar-refractivity contribution in [2.45, 2.75) is 38.8 Å². The van der Waals surface area contributed by atoms with E-state index in [1.165, 1.54) is 0 Å². The summed E-state index contributed by atoms with van der Waals surface area (Å²) in [6.07, 6.45) is 3.17. The maximum Gasteiger partial charge on any atom is 0.415 e. The Morgan fingerprint density at radius 3 is 2.23 bits per heavy atom. The zero-order chi connectivity index (χ0) is 18.4. The average molecular weight is 349 g/mol. The molecular formula is C22H23NO3. The second kappa shape index (κ2) is 8.48. The Balaban J connectivity index is 1.75. The van der Waals surface area contributed by atoms with Crippen LogP contribution in [0.25, 0.3) is 0 Å². The van der Waals surface area contributed by atoms with E-state index >= 15 is 0 Å². The fourth-order valence-corrected chi connectivity index (χ4v) is 3.17. The molecule has 1 aliphatic rings. The standard InChI is InChI=1S/C22H23NO3/c1-2-9-19-15-21(24)20(14-17-10-5-3-6-11-17)23(19)22(25)26-16-18-12-7-4-8-13-18/h3-8,10-13,15,20H,2,9,14,16H2,1H3/t20-/m0/s1. The molecule has 0 spiro atoms. The third-order valence-corrected chi connectivity index (χ3v) is 4.44. The number of ketones is 1. The van der Waals surface area contributed by atoms with Crippen LogP contribution >= 0.6 is 0 Å². The Kier molecular flexibility index (Phi) is 5.84. The van der Waals surface area contributed by atoms with Gasteiger partial charge in [0.2, 0.25) is 0 Å². The number of nitrogens with zero attached hydrogens (tertiary/aromatic N) is 1. The fraction of sp³-hybridized carbons (Fsp3) is 0.273. The van der Waals surface area contributed by atoms with Crippen LogP contribution in [0.4, 0.5) is 4.79 Å². The number of hydrogen-bond acceptors (Lipinski definition) is 3. The third kappa shape index (κ3) is 4.20. The van der Waals surface area contributed by atoms with Gasteiger partial charge >= 0.3 is 6.09 Å². The minimum atomic E-state index is -0.526. The van der Waals surface area contributed by atoms with Gasteiger partial charge in [0.15, 0.2) is 5.78 Å². The van der Waals surface area contributed by atoms with Gasteiger partial charge in [-0.25, -0.2) is 4.79 Å². The molecule has 0 unspecified atom stereocenters. The zero-order valence-electron chi connectivity index (χ0n) is 14.9. The van der Waals surface area contributed by atoms with Gasteiger partial charge in [0, 0.05) is 18.2 Å². The molecule has 4 heteroatoms. The Morgan fingerprint density at radius 1 is 1.00 bits per heavy atom. The van der Waals surface area contributed by atoms with Gasteiger partial charge in [0.1, 0.15) is 12.6 Å². The normalized spacial score (nSPS) is 16.5. The van der Waals surface area contributed by atoms with Gasteiger partial charge in [-0.05, 0) is 17.5 Å². The van der Waals surface area contributed by atoms with Gasteiger partial charge in [-0.15, -0.1) is 0 Å². The minimum absolute atomic E-state index is 0.0334. The second-order valence-corrected chi connectivity index (χ2v) is 6.40. The first-order valence-corrected chi connectivity index (χ1v) is 8.97. The first kappa shape index (κ1) is 17.9. The first-order chi connectivity index (χ1) is 12.7. The van der Waals surface area contributed by atoms with Crippen molar-refractivity contribution in [2.24, 2.45) is 0 Å². The summed E-state index contributed by atoms with van der Waals surface area (Å²) in [6, 6.07) is 18.8. The summed E-state index contributed by atoms with van der Waals surface area (Å²) >= 11 is 0. The number of benzene rings is 2. The monoisotopic (exact) mass is 349 g/mol. The molecule has 134 valence electrons. The van der Waals surface area contributed by atoms with Crippen LogP contribution in [0.5, 0.6) is 0 Å². The summed E-state index contributed by atoms with van der Waals surface area (Å²) < 4.78 is 5.50. The summed E-state index contributed by atoms with van der Waals surface area (Å²) in [5.41, 5.74) is 2.70. The molecule has 0 aromatic heterocycles. The smallest absolute Gasteiger partial charge is 0.415 e. The van der Waals surface area contributed by atoms with Gasteiger partial charge in [-0.3, -0.25) is 9.69 Å². The van der Waals surface area contributed by atoms with Gasteiger partial charge < -0.3 is 4.74 Å². The van der Waals surface area contributed by atoms with Crippen LogP contribution in [0.15, 0.2) is 72.4 Å². The lowest BCUT2D eigenvalue weighted by molar-refractivity contribution is -0.117. The summed E-state index contributed by atoms with van der Waals surface area (Å²) in [6.45, 7) is 2.23. The van der Waals surface area contributed by atoms with E-state index in [1.807, 2.05) is 67.6 Å². The maximum atomic E-state index is 12.8. The third-order valence-electron chi connectivity index (χ3n) is 4.44. The maximum absolute atomic E-state index is 12.8. The summed E-state index contributed by atoms with van der Waals surface area (Å²) in [5.74, 6) is -0.0334. The van der Waals surface area contributed by atoms with Crippen molar-refractivity contribution in [2.75, 3.05) is 0 Å². The highest BCUT2D eigenvalue weighted by Crippen LogP contribution is 2.27. The molecule has 0 saturated heterocycles. The molecule has 1 amide bonds. The Morgan fingerprint density at radius 2 is 1.62 bits per heavy atom. The SMILES string of the molecule is CCCC1=CC(=O)[C@H](Cc2ccccc2)N1C(=O)OCc1ccccc1. The predicted molar refractivity (Wildman–Crippen MR) is 100 cm³/mol. The lowest BCUT2D eigenvalue weighted by atomic mass is 10.0. The van der Waals surface area contributed by atoms with Crippen molar-refractivity contribution in [3.8, 4) is 0 Å². The molecule has 0 aliphatic carbocycles. The van der Waals surface area contributed by atoms with E-state index in [0.29, 0.717) is 12.8 Å². The number of allylic oxidation sites excluding steroid dienone is 1. The molecule has 1 atom stereocenters. The van der Waals surface area contributed by atoms with Crippen molar-refractivity contribution in [3.05, 3.63) is 83.6 Å². The molecule has 0 radical (unpaired) electrons. The zero-order valence-corrected chi connectivity index (χ0v) is 14.9. The van der Waals surface area contributed by atoms with Crippen LogP contribution in [0.3, 0.4) is 0 Å². The lowest BCUT2D eigenvalue weighted by Crippen LogP contribution is -2.41. The van der Waals surface area contributed by atoms with E-state index in [4.69, 9.17) is 4.74 Å². The van der Waals surface area contributed by atoms with Crippen molar-refractivity contribution >= 4 is 11.9 Å². The Hall–Kier alpha value is -2.88. The van der Waals surface area contributed by atoms with Gasteiger partial charge in [-0.1, -0.05) is 74.0 Å². The van der Waals surface area contributed by atoms with Gasteiger partial charge in [0.25, 0.3) is 0 Å². The molecule has 4 nitrogen and oxygen atoms in total. The first-order valence-electron chi connectivity index (χ1n) is 8.97. The number of carbonyl (C=O) groups is 2. The van der Waals surface area contributed by atoms with Crippen LogP contribution < -0.4 is 0 Å². The van der Waals surface area contributed by atoms with Crippen molar-refractivity contribution in [3.63, 3.8) is 0 Å². The number of carbonyl (C=O) groups excluding carboxylic acids is 2. The molecule has 1 aliphatic heterocycles. The van der Waals surface area contributed by atoms with Crippen molar-refractivity contribution < 1.29 is 14.3 Å². The highest BCUT2D eigenvalue weighted by molar-refractivity contribution is 6.01. The summed E-state index contributed by atoms with van der Waals surface area (Å²) in [4.78, 5) is 26.8. The number of hydrogen-bond donors (Lipinski definition) is 0. The van der Waals surface area contributed by atoms with Gasteiger partial charge in [-0.2, -0.15) is 0 Å². The van der Waals surface area contributed by atoms with Crippen LogP contribution in [0.2, 0.25) is 0 Å². The summed E-state index contributed by atoms with van der Waals surface area (Å²) in [7, 11) is 0. The van der Waals surface area contributed by atoms with Crippen LogP contribution in [0, 0.1) is 0 Å². The van der Waals surface area contributed by atoms with E-state index < -0.39 is 12.1 Å². The topological polar surface area (TPSA) is 46.6 Å². The van der Waals surface area contributed by atoms with Crippen LogP contribution in [0.1, 0.15) is 30.9 Å². The van der Waals surface area contributed by atoms with E-state index in [1.54, 1.807) is 11.0 Å². The van der Waals surface area contributed by atoms with E-state index in [-0.39, 0.29) is 12.4 Å². The van der Waals surface area contributed by atoms with E-state index in [9.17, 15) is 9.59 Å².